The molecule has 6 heteroatoms. The smallest absolute Gasteiger partial charge is 0.274 e. The fraction of sp³-hybridized carbons (Fsp3) is 0.0667. The summed E-state index contributed by atoms with van der Waals surface area (Å²) >= 11 is 3.40. The molecule has 4 rings (SSSR count). The number of rotatable bonds is 1. The van der Waals surface area contributed by atoms with Gasteiger partial charge in [-0.3, -0.25) is 4.79 Å². The second-order valence-corrected chi connectivity index (χ2v) is 5.54. The zero-order valence-electron chi connectivity index (χ0n) is 10.7. The number of aromatic nitrogens is 2. The summed E-state index contributed by atoms with van der Waals surface area (Å²) in [4.78, 5) is 19.6. The molecule has 2 aromatic carbocycles. The summed E-state index contributed by atoms with van der Waals surface area (Å²) in [5.41, 5.74) is 2.08. The highest BCUT2D eigenvalue weighted by molar-refractivity contribution is 9.10. The number of aromatic amines is 1. The topological polar surface area (TPSA) is 64.2 Å². The third kappa shape index (κ3) is 1.99. The molecule has 21 heavy (non-hydrogen) atoms. The first kappa shape index (κ1) is 12.4. The van der Waals surface area contributed by atoms with Crippen molar-refractivity contribution >= 4 is 27.0 Å². The number of nitrogens with zero attached hydrogens (tertiary/aromatic N) is 1. The van der Waals surface area contributed by atoms with Crippen LogP contribution >= 0.6 is 15.9 Å². The van der Waals surface area contributed by atoms with Crippen LogP contribution in [0, 0.1) is 0 Å². The SMILES string of the molecule is O=c1[nH]c2ccc3c(c2nc1-c1cccc(Br)c1)OCO3. The molecule has 0 radical (unpaired) electrons. The standard InChI is InChI=1S/C15H9BrN2O3/c16-9-3-1-2-8(6-9)12-15(19)17-10-4-5-11-14(13(10)18-12)21-7-20-11/h1-6H,7H2,(H,17,19). The number of ether oxygens (including phenoxy) is 2. The van der Waals surface area contributed by atoms with E-state index in [-0.39, 0.29) is 12.4 Å². The molecule has 0 saturated heterocycles. The maximum Gasteiger partial charge on any atom is 0.274 e. The number of hydrogen-bond acceptors (Lipinski definition) is 4. The Balaban J connectivity index is 2.02. The molecule has 104 valence electrons. The predicted molar refractivity (Wildman–Crippen MR) is 81.6 cm³/mol. The lowest BCUT2D eigenvalue weighted by Crippen LogP contribution is -2.11. The van der Waals surface area contributed by atoms with Crippen molar-refractivity contribution in [2.45, 2.75) is 0 Å². The van der Waals surface area contributed by atoms with Crippen LogP contribution < -0.4 is 15.0 Å². The van der Waals surface area contributed by atoms with Crippen molar-refractivity contribution in [1.82, 2.24) is 9.97 Å². The van der Waals surface area contributed by atoms with Gasteiger partial charge in [-0.05, 0) is 24.3 Å². The first-order valence-corrected chi connectivity index (χ1v) is 7.10. The van der Waals surface area contributed by atoms with Crippen LogP contribution in [0.5, 0.6) is 11.5 Å². The van der Waals surface area contributed by atoms with Gasteiger partial charge in [0.25, 0.3) is 5.56 Å². The van der Waals surface area contributed by atoms with Crippen molar-refractivity contribution in [3.8, 4) is 22.8 Å². The number of H-pyrrole nitrogens is 1. The van der Waals surface area contributed by atoms with Crippen LogP contribution in [-0.2, 0) is 0 Å². The maximum absolute atomic E-state index is 12.2. The highest BCUT2D eigenvalue weighted by Crippen LogP contribution is 2.37. The summed E-state index contributed by atoms with van der Waals surface area (Å²) in [6, 6.07) is 11.0. The Labute approximate surface area is 127 Å². The molecule has 2 heterocycles. The molecule has 5 nitrogen and oxygen atoms in total. The molecule has 0 fully saturated rings. The molecule has 1 N–H and O–H groups in total. The van der Waals surface area contributed by atoms with Gasteiger partial charge in [-0.25, -0.2) is 4.98 Å². The minimum absolute atomic E-state index is 0.168. The van der Waals surface area contributed by atoms with Crippen LogP contribution in [0.25, 0.3) is 22.3 Å². The number of fused-ring (bicyclic) bond motifs is 3. The molecular formula is C15H9BrN2O3. The van der Waals surface area contributed by atoms with Crippen LogP contribution in [0.2, 0.25) is 0 Å². The Morgan fingerprint density at radius 2 is 2.10 bits per heavy atom. The number of nitrogens with one attached hydrogen (secondary N) is 1. The van der Waals surface area contributed by atoms with Gasteiger partial charge in [0, 0.05) is 10.0 Å². The molecule has 0 unspecified atom stereocenters. The average molecular weight is 345 g/mol. The van der Waals surface area contributed by atoms with E-state index < -0.39 is 0 Å². The third-order valence-corrected chi connectivity index (χ3v) is 3.79. The molecule has 0 bridgehead atoms. The second kappa shape index (κ2) is 4.60. The van der Waals surface area contributed by atoms with E-state index in [1.54, 1.807) is 12.1 Å². The van der Waals surface area contributed by atoms with E-state index in [0.717, 1.165) is 10.0 Å². The summed E-state index contributed by atoms with van der Waals surface area (Å²) in [5, 5.41) is 0. The summed E-state index contributed by atoms with van der Waals surface area (Å²) in [5.74, 6) is 1.21. The van der Waals surface area contributed by atoms with Gasteiger partial charge >= 0.3 is 0 Å². The average Bonchev–Trinajstić information content (AvgIpc) is 2.95. The molecule has 0 spiro atoms. The summed E-state index contributed by atoms with van der Waals surface area (Å²) in [6.45, 7) is 0.168. The van der Waals surface area contributed by atoms with Crippen molar-refractivity contribution in [3.05, 3.63) is 51.2 Å². The zero-order chi connectivity index (χ0) is 14.4. The summed E-state index contributed by atoms with van der Waals surface area (Å²) in [7, 11) is 0. The normalized spacial score (nSPS) is 12.8. The van der Waals surface area contributed by atoms with Gasteiger partial charge in [-0.2, -0.15) is 0 Å². The monoisotopic (exact) mass is 344 g/mol. The Kier molecular flexibility index (Phi) is 2.71. The van der Waals surface area contributed by atoms with E-state index in [9.17, 15) is 4.79 Å². The number of hydrogen-bond donors (Lipinski definition) is 1. The van der Waals surface area contributed by atoms with Crippen LogP contribution in [0.1, 0.15) is 0 Å². The van der Waals surface area contributed by atoms with E-state index in [2.05, 4.69) is 25.9 Å². The predicted octanol–water partition coefficient (Wildman–Crippen LogP) is 3.08. The first-order chi connectivity index (χ1) is 10.2. The molecule has 0 aliphatic carbocycles. The van der Waals surface area contributed by atoms with E-state index in [0.29, 0.717) is 28.2 Å². The summed E-state index contributed by atoms with van der Waals surface area (Å²) in [6.07, 6.45) is 0. The second-order valence-electron chi connectivity index (χ2n) is 4.62. The van der Waals surface area contributed by atoms with Gasteiger partial charge in [0.15, 0.2) is 11.5 Å². The minimum atomic E-state index is -0.237. The Bertz CT molecular complexity index is 920. The van der Waals surface area contributed by atoms with Gasteiger partial charge in [-0.1, -0.05) is 28.1 Å². The minimum Gasteiger partial charge on any atom is -0.454 e. The molecular weight excluding hydrogens is 336 g/mol. The van der Waals surface area contributed by atoms with Crippen LogP contribution in [-0.4, -0.2) is 16.8 Å². The number of halogens is 1. The van der Waals surface area contributed by atoms with Gasteiger partial charge in [0.2, 0.25) is 6.79 Å². The molecule has 3 aromatic rings. The van der Waals surface area contributed by atoms with Crippen molar-refractivity contribution in [3.63, 3.8) is 0 Å². The highest BCUT2D eigenvalue weighted by atomic mass is 79.9. The lowest BCUT2D eigenvalue weighted by Gasteiger charge is -2.05. The third-order valence-electron chi connectivity index (χ3n) is 3.30. The van der Waals surface area contributed by atoms with E-state index >= 15 is 0 Å². The van der Waals surface area contributed by atoms with E-state index in [4.69, 9.17) is 9.47 Å². The van der Waals surface area contributed by atoms with Crippen molar-refractivity contribution in [2.24, 2.45) is 0 Å². The van der Waals surface area contributed by atoms with Gasteiger partial charge < -0.3 is 14.5 Å². The lowest BCUT2D eigenvalue weighted by molar-refractivity contribution is 0.174. The zero-order valence-corrected chi connectivity index (χ0v) is 12.3. The summed E-state index contributed by atoms with van der Waals surface area (Å²) < 4.78 is 11.7. The van der Waals surface area contributed by atoms with E-state index in [1.807, 2.05) is 24.3 Å². The molecule has 0 amide bonds. The quantitative estimate of drug-likeness (QED) is 0.736. The van der Waals surface area contributed by atoms with Gasteiger partial charge in [0.05, 0.1) is 5.52 Å². The Hall–Kier alpha value is -2.34. The molecule has 1 aromatic heterocycles. The highest BCUT2D eigenvalue weighted by Gasteiger charge is 2.19. The van der Waals surface area contributed by atoms with Gasteiger partial charge in [-0.15, -0.1) is 0 Å². The fourth-order valence-corrected chi connectivity index (χ4v) is 2.74. The van der Waals surface area contributed by atoms with Crippen LogP contribution in [0.3, 0.4) is 0 Å². The Morgan fingerprint density at radius 1 is 1.19 bits per heavy atom. The van der Waals surface area contributed by atoms with Gasteiger partial charge in [0.1, 0.15) is 11.2 Å². The lowest BCUT2D eigenvalue weighted by atomic mass is 10.1. The van der Waals surface area contributed by atoms with Crippen LogP contribution in [0.4, 0.5) is 0 Å². The van der Waals surface area contributed by atoms with Crippen molar-refractivity contribution in [1.29, 1.82) is 0 Å². The maximum atomic E-state index is 12.2. The Morgan fingerprint density at radius 3 is 2.95 bits per heavy atom. The van der Waals surface area contributed by atoms with Crippen molar-refractivity contribution < 1.29 is 9.47 Å². The van der Waals surface area contributed by atoms with Crippen LogP contribution in [0.15, 0.2) is 45.7 Å². The molecule has 1 aliphatic rings. The fourth-order valence-electron chi connectivity index (χ4n) is 2.35. The van der Waals surface area contributed by atoms with Crippen molar-refractivity contribution in [2.75, 3.05) is 6.79 Å². The number of benzene rings is 2. The van der Waals surface area contributed by atoms with E-state index in [1.165, 1.54) is 0 Å². The largest absolute Gasteiger partial charge is 0.454 e. The first-order valence-electron chi connectivity index (χ1n) is 6.31. The molecule has 0 atom stereocenters. The molecule has 0 saturated carbocycles. The molecule has 1 aliphatic heterocycles.